The summed E-state index contributed by atoms with van der Waals surface area (Å²) in [4.78, 5) is 12.4. The Morgan fingerprint density at radius 1 is 1.14 bits per heavy atom. The van der Waals surface area contributed by atoms with Crippen LogP contribution in [0.5, 0.6) is 11.5 Å². The van der Waals surface area contributed by atoms with E-state index in [1.807, 2.05) is 26.8 Å². The van der Waals surface area contributed by atoms with Crippen LogP contribution in [0.4, 0.5) is 0 Å². The van der Waals surface area contributed by atoms with Gasteiger partial charge in [0.15, 0.2) is 6.29 Å². The monoisotopic (exact) mass is 506 g/mol. The molecule has 36 heavy (non-hydrogen) atoms. The van der Waals surface area contributed by atoms with Crippen molar-refractivity contribution in [1.29, 1.82) is 0 Å². The summed E-state index contributed by atoms with van der Waals surface area (Å²) in [6.07, 6.45) is 5.00. The number of hydrogen-bond donors (Lipinski definition) is 5. The molecule has 0 amide bonds. The predicted molar refractivity (Wildman–Crippen MR) is 137 cm³/mol. The van der Waals surface area contributed by atoms with Gasteiger partial charge in [0.1, 0.15) is 23.2 Å². The third-order valence-corrected chi connectivity index (χ3v) is 6.50. The zero-order chi connectivity index (χ0) is 26.8. The fourth-order valence-electron chi connectivity index (χ4n) is 4.26. The highest BCUT2D eigenvalue weighted by Crippen LogP contribution is 2.37. The number of carboxylic acids is 1. The van der Waals surface area contributed by atoms with Crippen molar-refractivity contribution in [3.63, 3.8) is 0 Å². The van der Waals surface area contributed by atoms with Gasteiger partial charge in [-0.3, -0.25) is 0 Å². The van der Waals surface area contributed by atoms with Gasteiger partial charge in [-0.2, -0.15) is 0 Å². The molecule has 8 heteroatoms. The number of allylic oxidation sites excluding steroid dienone is 4. The summed E-state index contributed by atoms with van der Waals surface area (Å²) < 4.78 is 11.1. The van der Waals surface area contributed by atoms with Crippen molar-refractivity contribution in [1.82, 2.24) is 0 Å². The first kappa shape index (κ1) is 29.8. The van der Waals surface area contributed by atoms with Crippen LogP contribution in [0.3, 0.4) is 0 Å². The Balaban J connectivity index is 2.39. The summed E-state index contributed by atoms with van der Waals surface area (Å²) in [5.74, 6) is -1.82. The summed E-state index contributed by atoms with van der Waals surface area (Å²) >= 11 is 0. The first-order valence-corrected chi connectivity index (χ1v) is 12.7. The first-order valence-electron chi connectivity index (χ1n) is 12.7. The van der Waals surface area contributed by atoms with E-state index in [1.54, 1.807) is 0 Å². The zero-order valence-corrected chi connectivity index (χ0v) is 21.9. The Hall–Kier alpha value is -2.39. The van der Waals surface area contributed by atoms with E-state index in [0.29, 0.717) is 17.5 Å². The topological polar surface area (TPSA) is 137 Å². The maximum atomic E-state index is 12.4. The predicted octanol–water partition coefficient (Wildman–Crippen LogP) is 4.12. The molecule has 0 aliphatic carbocycles. The average Bonchev–Trinajstić information content (AvgIpc) is 2.81. The van der Waals surface area contributed by atoms with Gasteiger partial charge in [0.2, 0.25) is 0 Å². The van der Waals surface area contributed by atoms with Crippen LogP contribution < -0.4 is 4.74 Å². The number of aromatic hydroxyl groups is 1. The number of aryl methyl sites for hydroxylation is 1. The molecule has 1 fully saturated rings. The van der Waals surface area contributed by atoms with E-state index in [0.717, 1.165) is 37.7 Å². The molecule has 1 aromatic rings. The minimum absolute atomic E-state index is 0.00120. The molecule has 1 aromatic carbocycles. The Bertz CT molecular complexity index is 932. The minimum Gasteiger partial charge on any atom is -0.508 e. The van der Waals surface area contributed by atoms with E-state index in [2.05, 4.69) is 13.0 Å². The number of phenols is 1. The van der Waals surface area contributed by atoms with Crippen molar-refractivity contribution in [2.24, 2.45) is 5.92 Å². The van der Waals surface area contributed by atoms with E-state index < -0.39 is 30.4 Å². The highest BCUT2D eigenvalue weighted by molar-refractivity contribution is 5.94. The average molecular weight is 507 g/mol. The van der Waals surface area contributed by atoms with Crippen LogP contribution in [0.15, 0.2) is 29.4 Å². The lowest BCUT2D eigenvalue weighted by Gasteiger charge is -2.35. The number of aromatic carboxylic acids is 1. The zero-order valence-electron chi connectivity index (χ0n) is 21.9. The third-order valence-electron chi connectivity index (χ3n) is 6.50. The van der Waals surface area contributed by atoms with Crippen molar-refractivity contribution in [3.8, 4) is 11.5 Å². The molecule has 1 aliphatic rings. The number of carbonyl (C=O) groups is 1. The van der Waals surface area contributed by atoms with Crippen LogP contribution in [0.2, 0.25) is 0 Å². The molecule has 0 aromatic heterocycles. The standard InChI is InChI=1S/C28H42O8/c1-5-6-7-11-19-14-22(29)21(13-12-18(4)10-8-9-17(2)3)26(23(19)27(32)33)35-15-20-16-36-28(34)25(31)24(20)30/h9,12,14,20,24-25,28-31,34H,5-8,10-11,13,15-16H2,1-4H3,(H,32,33)/b18-12+/t20-,24+,25-,28-/m0/s1. The van der Waals surface area contributed by atoms with Crippen molar-refractivity contribution < 1.29 is 39.8 Å². The number of hydrogen-bond acceptors (Lipinski definition) is 7. The fraction of sp³-hybridized carbons (Fsp3) is 0.607. The van der Waals surface area contributed by atoms with Gasteiger partial charge >= 0.3 is 5.97 Å². The van der Waals surface area contributed by atoms with Crippen LogP contribution in [-0.2, 0) is 17.6 Å². The number of carboxylic acid groups (broad SMARTS) is 1. The van der Waals surface area contributed by atoms with Crippen molar-refractivity contribution in [2.45, 2.75) is 91.1 Å². The summed E-state index contributed by atoms with van der Waals surface area (Å²) in [5.41, 5.74) is 3.20. The largest absolute Gasteiger partial charge is 0.508 e. The van der Waals surface area contributed by atoms with E-state index in [1.165, 1.54) is 11.6 Å². The number of unbranched alkanes of at least 4 members (excludes halogenated alkanes) is 2. The normalized spacial score (nSPS) is 22.4. The summed E-state index contributed by atoms with van der Waals surface area (Å²) in [7, 11) is 0. The number of aliphatic hydroxyl groups excluding tert-OH is 3. The maximum absolute atomic E-state index is 12.4. The lowest BCUT2D eigenvalue weighted by molar-refractivity contribution is -0.242. The molecule has 1 aliphatic heterocycles. The molecule has 0 bridgehead atoms. The van der Waals surface area contributed by atoms with E-state index in [4.69, 9.17) is 9.47 Å². The lowest BCUT2D eigenvalue weighted by Crippen LogP contribution is -2.51. The second kappa shape index (κ2) is 14.4. The van der Waals surface area contributed by atoms with Crippen molar-refractivity contribution >= 4 is 5.97 Å². The van der Waals surface area contributed by atoms with E-state index >= 15 is 0 Å². The van der Waals surface area contributed by atoms with Gasteiger partial charge in [-0.15, -0.1) is 0 Å². The van der Waals surface area contributed by atoms with Crippen LogP contribution in [0.25, 0.3) is 0 Å². The molecule has 0 spiro atoms. The van der Waals surface area contributed by atoms with Gasteiger partial charge in [-0.05, 0) is 64.5 Å². The molecular weight excluding hydrogens is 464 g/mol. The first-order chi connectivity index (χ1) is 17.1. The molecule has 8 nitrogen and oxygen atoms in total. The lowest BCUT2D eigenvalue weighted by atomic mass is 9.94. The van der Waals surface area contributed by atoms with Crippen molar-refractivity contribution in [2.75, 3.05) is 13.2 Å². The van der Waals surface area contributed by atoms with Gasteiger partial charge in [-0.25, -0.2) is 4.79 Å². The second-order valence-electron chi connectivity index (χ2n) is 9.85. The number of aliphatic hydroxyl groups is 3. The van der Waals surface area contributed by atoms with Gasteiger partial charge in [0.05, 0.1) is 19.3 Å². The van der Waals surface area contributed by atoms with Gasteiger partial charge in [0.25, 0.3) is 0 Å². The molecule has 4 atom stereocenters. The second-order valence-corrected chi connectivity index (χ2v) is 9.85. The highest BCUT2D eigenvalue weighted by Gasteiger charge is 2.38. The maximum Gasteiger partial charge on any atom is 0.339 e. The van der Waals surface area contributed by atoms with Gasteiger partial charge in [-0.1, -0.05) is 43.1 Å². The molecular formula is C28H42O8. The fourth-order valence-corrected chi connectivity index (χ4v) is 4.26. The molecule has 1 saturated heterocycles. The molecule has 0 radical (unpaired) electrons. The SMILES string of the molecule is CCCCCc1cc(O)c(C/C=C(\C)CCC=C(C)C)c(OC[C@H]2CO[C@H](O)[C@@H](O)[C@@H]2O)c1C(=O)O. The highest BCUT2D eigenvalue weighted by atomic mass is 16.6. The number of rotatable bonds is 13. The Kier molecular flexibility index (Phi) is 11.9. The van der Waals surface area contributed by atoms with Crippen LogP contribution >= 0.6 is 0 Å². The summed E-state index contributed by atoms with van der Waals surface area (Å²) in [6.45, 7) is 7.93. The molecule has 2 rings (SSSR count). The van der Waals surface area contributed by atoms with Crippen molar-refractivity contribution in [3.05, 3.63) is 46.1 Å². The van der Waals surface area contributed by atoms with Gasteiger partial charge < -0.3 is 35.0 Å². The Morgan fingerprint density at radius 2 is 1.86 bits per heavy atom. The quantitative estimate of drug-likeness (QED) is 0.199. The van der Waals surface area contributed by atoms with E-state index in [-0.39, 0.29) is 36.7 Å². The van der Waals surface area contributed by atoms with Crippen LogP contribution in [0, 0.1) is 5.92 Å². The summed E-state index contributed by atoms with van der Waals surface area (Å²) in [6, 6.07) is 1.52. The van der Waals surface area contributed by atoms with Crippen LogP contribution in [0.1, 0.15) is 81.3 Å². The smallest absolute Gasteiger partial charge is 0.339 e. The summed E-state index contributed by atoms with van der Waals surface area (Å²) in [5, 5.41) is 50.9. The third kappa shape index (κ3) is 8.34. The molecule has 202 valence electrons. The van der Waals surface area contributed by atoms with Gasteiger partial charge in [0, 0.05) is 11.5 Å². The molecule has 1 heterocycles. The molecule has 0 saturated carbocycles. The number of phenolic OH excluding ortho intramolecular Hbond substituents is 1. The number of benzene rings is 1. The van der Waals surface area contributed by atoms with E-state index in [9.17, 15) is 30.3 Å². The molecule has 0 unspecified atom stereocenters. The molecule has 5 N–H and O–H groups in total. The minimum atomic E-state index is -1.49. The number of ether oxygens (including phenoxy) is 2. The van der Waals surface area contributed by atoms with Crippen LogP contribution in [-0.4, -0.2) is 63.2 Å². The Labute approximate surface area is 213 Å². The Morgan fingerprint density at radius 3 is 2.50 bits per heavy atom.